The fraction of sp³-hybridized carbons (Fsp3) is 0.259. The quantitative estimate of drug-likeness (QED) is 0.363. The number of rotatable bonds is 5. The molecule has 0 bridgehead atoms. The van der Waals surface area contributed by atoms with Crippen LogP contribution >= 0.6 is 23.2 Å². The number of methoxy groups -OCH3 is 1. The standard InChI is InChI=1S/C27H22Cl2F3NO5/c1-14(17-9-7-15(11-20(17)29)18-5-4-6-19(28)24(18)25(35)37-3)26(36,27(30,31)32)16-8-10-22-21(12-16)33(2)23(34)13-38-22/h4-12,14,36H,13H2,1-3H3. The van der Waals surface area contributed by atoms with Gasteiger partial charge < -0.3 is 19.5 Å². The summed E-state index contributed by atoms with van der Waals surface area (Å²) in [6, 6.07) is 12.5. The molecule has 0 saturated carbocycles. The lowest BCUT2D eigenvalue weighted by molar-refractivity contribution is -0.274. The van der Waals surface area contributed by atoms with E-state index in [2.05, 4.69) is 0 Å². The van der Waals surface area contributed by atoms with Crippen molar-refractivity contribution < 1.29 is 37.3 Å². The van der Waals surface area contributed by atoms with Crippen molar-refractivity contribution in [2.45, 2.75) is 24.6 Å². The number of amides is 1. The number of benzene rings is 3. The number of anilines is 1. The van der Waals surface area contributed by atoms with E-state index < -0.39 is 35.1 Å². The van der Waals surface area contributed by atoms with Crippen LogP contribution in [0.1, 0.15) is 34.3 Å². The summed E-state index contributed by atoms with van der Waals surface area (Å²) in [4.78, 5) is 25.5. The molecule has 0 spiro atoms. The van der Waals surface area contributed by atoms with Crippen molar-refractivity contribution in [2.75, 3.05) is 25.7 Å². The van der Waals surface area contributed by atoms with E-state index in [4.69, 9.17) is 32.7 Å². The van der Waals surface area contributed by atoms with Crippen molar-refractivity contribution >= 4 is 40.8 Å². The number of likely N-dealkylation sites (N-methyl/N-ethyl adjacent to an activating group) is 1. The van der Waals surface area contributed by atoms with E-state index >= 15 is 0 Å². The van der Waals surface area contributed by atoms with Gasteiger partial charge >= 0.3 is 12.1 Å². The maximum Gasteiger partial charge on any atom is 0.422 e. The maximum absolute atomic E-state index is 14.6. The molecule has 11 heteroatoms. The lowest BCUT2D eigenvalue weighted by atomic mass is 9.77. The van der Waals surface area contributed by atoms with Crippen LogP contribution in [-0.4, -0.2) is 43.9 Å². The van der Waals surface area contributed by atoms with Crippen LogP contribution in [0.15, 0.2) is 54.6 Å². The number of hydrogen-bond acceptors (Lipinski definition) is 5. The third kappa shape index (κ3) is 4.59. The van der Waals surface area contributed by atoms with Gasteiger partial charge in [0.05, 0.1) is 23.4 Å². The molecule has 1 aliphatic rings. The number of carbonyl (C=O) groups excluding carboxylic acids is 2. The molecule has 38 heavy (non-hydrogen) atoms. The van der Waals surface area contributed by atoms with Gasteiger partial charge in [0, 0.05) is 18.0 Å². The van der Waals surface area contributed by atoms with Crippen LogP contribution in [0.4, 0.5) is 18.9 Å². The van der Waals surface area contributed by atoms with Crippen LogP contribution in [0.25, 0.3) is 11.1 Å². The molecule has 1 N–H and O–H groups in total. The van der Waals surface area contributed by atoms with Crippen molar-refractivity contribution in [3.05, 3.63) is 81.3 Å². The largest absolute Gasteiger partial charge is 0.482 e. The zero-order valence-electron chi connectivity index (χ0n) is 20.4. The van der Waals surface area contributed by atoms with Crippen molar-refractivity contribution in [3.8, 4) is 16.9 Å². The summed E-state index contributed by atoms with van der Waals surface area (Å²) < 4.78 is 53.8. The van der Waals surface area contributed by atoms with Gasteiger partial charge in [0.25, 0.3) is 5.91 Å². The summed E-state index contributed by atoms with van der Waals surface area (Å²) in [5, 5.41) is 11.4. The number of carbonyl (C=O) groups is 2. The Bertz CT molecular complexity index is 1430. The molecule has 0 fully saturated rings. The Morgan fingerprint density at radius 3 is 2.45 bits per heavy atom. The summed E-state index contributed by atoms with van der Waals surface area (Å²) in [6.45, 7) is 0.966. The molecule has 6 nitrogen and oxygen atoms in total. The number of esters is 1. The van der Waals surface area contributed by atoms with Crippen LogP contribution in [0.2, 0.25) is 10.0 Å². The van der Waals surface area contributed by atoms with Crippen LogP contribution in [-0.2, 0) is 15.1 Å². The normalized spacial score (nSPS) is 15.8. The topological polar surface area (TPSA) is 76.1 Å². The third-order valence-corrected chi connectivity index (χ3v) is 7.37. The van der Waals surface area contributed by atoms with Gasteiger partial charge in [0.1, 0.15) is 5.75 Å². The maximum atomic E-state index is 14.6. The number of aliphatic hydroxyl groups is 1. The minimum Gasteiger partial charge on any atom is -0.482 e. The molecule has 1 heterocycles. The van der Waals surface area contributed by atoms with E-state index in [-0.39, 0.29) is 39.2 Å². The molecule has 2 unspecified atom stereocenters. The highest BCUT2D eigenvalue weighted by Gasteiger charge is 2.59. The summed E-state index contributed by atoms with van der Waals surface area (Å²) in [7, 11) is 2.61. The Kier molecular flexibility index (Phi) is 7.40. The predicted molar refractivity (Wildman–Crippen MR) is 137 cm³/mol. The molecule has 2 atom stereocenters. The summed E-state index contributed by atoms with van der Waals surface area (Å²) >= 11 is 12.7. The zero-order chi connectivity index (χ0) is 28.0. The van der Waals surface area contributed by atoms with Crippen molar-refractivity contribution in [3.63, 3.8) is 0 Å². The molecular weight excluding hydrogens is 546 g/mol. The van der Waals surface area contributed by atoms with Crippen LogP contribution in [0.3, 0.4) is 0 Å². The first kappa shape index (κ1) is 27.8. The molecule has 3 aromatic rings. The van der Waals surface area contributed by atoms with Gasteiger partial charge in [-0.1, -0.05) is 60.5 Å². The lowest BCUT2D eigenvalue weighted by Gasteiger charge is -2.38. The average molecular weight is 568 g/mol. The first-order valence-electron chi connectivity index (χ1n) is 11.3. The van der Waals surface area contributed by atoms with E-state index in [0.29, 0.717) is 11.1 Å². The number of ether oxygens (including phenoxy) is 2. The fourth-order valence-electron chi connectivity index (χ4n) is 4.51. The summed E-state index contributed by atoms with van der Waals surface area (Å²) in [5.41, 5.74) is -2.88. The Balaban J connectivity index is 1.81. The minimum atomic E-state index is -5.12. The van der Waals surface area contributed by atoms with Gasteiger partial charge in [-0.3, -0.25) is 4.79 Å². The highest BCUT2D eigenvalue weighted by molar-refractivity contribution is 6.34. The highest BCUT2D eigenvalue weighted by atomic mass is 35.5. The smallest absolute Gasteiger partial charge is 0.422 e. The molecule has 0 radical (unpaired) electrons. The molecule has 4 rings (SSSR count). The number of halogens is 5. The van der Waals surface area contributed by atoms with Gasteiger partial charge in [-0.15, -0.1) is 0 Å². The van der Waals surface area contributed by atoms with Gasteiger partial charge in [-0.05, 0) is 46.5 Å². The predicted octanol–water partition coefficient (Wildman–Crippen LogP) is 6.36. The molecule has 0 saturated heterocycles. The summed E-state index contributed by atoms with van der Waals surface area (Å²) in [6.07, 6.45) is -5.12. The monoisotopic (exact) mass is 567 g/mol. The Hall–Kier alpha value is -3.27. The van der Waals surface area contributed by atoms with Gasteiger partial charge in [-0.25, -0.2) is 4.79 Å². The number of fused-ring (bicyclic) bond motifs is 1. The first-order valence-corrected chi connectivity index (χ1v) is 12.1. The molecule has 1 amide bonds. The Morgan fingerprint density at radius 2 is 1.82 bits per heavy atom. The van der Waals surface area contributed by atoms with Crippen LogP contribution in [0.5, 0.6) is 5.75 Å². The van der Waals surface area contributed by atoms with Gasteiger partial charge in [0.2, 0.25) is 0 Å². The second-order valence-electron chi connectivity index (χ2n) is 8.80. The summed E-state index contributed by atoms with van der Waals surface area (Å²) in [5.74, 6) is -2.49. The molecule has 3 aromatic carbocycles. The van der Waals surface area contributed by atoms with Gasteiger partial charge in [0.15, 0.2) is 12.2 Å². The molecule has 200 valence electrons. The average Bonchev–Trinajstić information content (AvgIpc) is 2.88. The van der Waals surface area contributed by atoms with E-state index in [9.17, 15) is 27.9 Å². The van der Waals surface area contributed by atoms with Crippen LogP contribution in [0, 0.1) is 0 Å². The SMILES string of the molecule is COC(=O)c1c(Cl)cccc1-c1ccc(C(C)C(O)(c2ccc3c(c2)N(C)C(=O)CO3)C(F)(F)F)c(Cl)c1. The van der Waals surface area contributed by atoms with Gasteiger partial charge in [-0.2, -0.15) is 13.2 Å². The number of hydrogen-bond donors (Lipinski definition) is 1. The van der Waals surface area contributed by atoms with Crippen molar-refractivity contribution in [1.29, 1.82) is 0 Å². The Labute approximate surface area is 226 Å². The van der Waals surface area contributed by atoms with Crippen LogP contribution < -0.4 is 9.64 Å². The zero-order valence-corrected chi connectivity index (χ0v) is 21.9. The third-order valence-electron chi connectivity index (χ3n) is 6.73. The second-order valence-corrected chi connectivity index (χ2v) is 9.61. The second kappa shape index (κ2) is 10.1. The van der Waals surface area contributed by atoms with Crippen molar-refractivity contribution in [1.82, 2.24) is 0 Å². The van der Waals surface area contributed by atoms with E-state index in [1.165, 1.54) is 56.3 Å². The molecule has 0 aromatic heterocycles. The number of nitrogens with zero attached hydrogens (tertiary/aromatic N) is 1. The minimum absolute atomic E-state index is 0.00953. The Morgan fingerprint density at radius 1 is 1.11 bits per heavy atom. The molecule has 1 aliphatic heterocycles. The van der Waals surface area contributed by atoms with Crippen molar-refractivity contribution in [2.24, 2.45) is 0 Å². The molecule has 0 aliphatic carbocycles. The molecular formula is C27H22Cl2F3NO5. The first-order chi connectivity index (χ1) is 17.8. The number of alkyl halides is 3. The lowest BCUT2D eigenvalue weighted by Crippen LogP contribution is -2.47. The highest BCUT2D eigenvalue weighted by Crippen LogP contribution is 2.51. The fourth-order valence-corrected chi connectivity index (χ4v) is 5.11. The van der Waals surface area contributed by atoms with E-state index in [1.807, 2.05) is 0 Å². The van der Waals surface area contributed by atoms with E-state index in [1.54, 1.807) is 12.1 Å². The van der Waals surface area contributed by atoms with E-state index in [0.717, 1.165) is 12.1 Å².